The quantitative estimate of drug-likeness (QED) is 0.444. The van der Waals surface area contributed by atoms with Gasteiger partial charge in [0, 0.05) is 12.5 Å². The third-order valence-electron chi connectivity index (χ3n) is 0.673. The van der Waals surface area contributed by atoms with Gasteiger partial charge in [0.15, 0.2) is 6.17 Å². The van der Waals surface area contributed by atoms with Crippen LogP contribution in [0.2, 0.25) is 0 Å². The van der Waals surface area contributed by atoms with Gasteiger partial charge in [0.05, 0.1) is 0 Å². The van der Waals surface area contributed by atoms with Crippen molar-refractivity contribution in [2.75, 3.05) is 0 Å². The molecule has 0 aromatic carbocycles. The first kappa shape index (κ1) is 8.15. The Morgan fingerprint density at radius 1 is 1.33 bits per heavy atom. The molecule has 1 nitrogen and oxygen atoms in total. The molecule has 4 heteroatoms. The summed E-state index contributed by atoms with van der Waals surface area (Å²) in [7, 11) is 0. The van der Waals surface area contributed by atoms with Gasteiger partial charge in [-0.25, -0.2) is 13.2 Å². The molecule has 0 amide bonds. The van der Waals surface area contributed by atoms with Gasteiger partial charge in [0.2, 0.25) is 0 Å². The van der Waals surface area contributed by atoms with Crippen LogP contribution in [0.1, 0.15) is 6.42 Å². The monoisotopic (exact) mass is 137 g/mol. The minimum atomic E-state index is -2.95. The molecule has 2 N–H and O–H groups in total. The predicted molar refractivity (Wildman–Crippen MR) is 27.5 cm³/mol. The van der Waals surface area contributed by atoms with Crippen LogP contribution in [0.15, 0.2) is 0 Å². The Kier molecular flexibility index (Phi) is 3.69. The highest BCUT2D eigenvalue weighted by molar-refractivity contribution is 4.95. The second-order valence-electron chi connectivity index (χ2n) is 1.38. The first-order chi connectivity index (χ1) is 4.18. The lowest BCUT2D eigenvalue weighted by molar-refractivity contribution is 0.0529. The van der Waals surface area contributed by atoms with Gasteiger partial charge < -0.3 is 5.73 Å². The van der Waals surface area contributed by atoms with Gasteiger partial charge >= 0.3 is 0 Å². The van der Waals surface area contributed by atoms with E-state index in [0.29, 0.717) is 0 Å². The lowest BCUT2D eigenvalue weighted by Gasteiger charge is -1.98. The van der Waals surface area contributed by atoms with Crippen LogP contribution in [0.3, 0.4) is 0 Å². The van der Waals surface area contributed by atoms with Gasteiger partial charge in [0.25, 0.3) is 6.43 Å². The topological polar surface area (TPSA) is 26.0 Å². The first-order valence-electron chi connectivity index (χ1n) is 2.29. The molecule has 0 rings (SSSR count). The van der Waals surface area contributed by atoms with Crippen molar-refractivity contribution in [3.63, 3.8) is 0 Å². The Labute approximate surface area is 51.0 Å². The van der Waals surface area contributed by atoms with Crippen LogP contribution in [0.25, 0.3) is 0 Å². The van der Waals surface area contributed by atoms with Crippen molar-refractivity contribution < 1.29 is 13.2 Å². The molecule has 0 heterocycles. The standard InChI is InChI=1S/C5H6F3N/c6-4(5(7)8)2-1-3-9/h4-5H,2,9H2. The maximum absolute atomic E-state index is 11.8. The second-order valence-corrected chi connectivity index (χ2v) is 1.38. The van der Waals surface area contributed by atoms with E-state index in [-0.39, 0.29) is 0 Å². The van der Waals surface area contributed by atoms with Crippen molar-refractivity contribution in [1.29, 1.82) is 0 Å². The van der Waals surface area contributed by atoms with E-state index in [9.17, 15) is 13.2 Å². The maximum Gasteiger partial charge on any atom is 0.270 e. The SMILES string of the molecule is NC#CCC(F)C(F)F. The summed E-state index contributed by atoms with van der Waals surface area (Å²) < 4.78 is 34.3. The van der Waals surface area contributed by atoms with Gasteiger partial charge in [-0.3, -0.25) is 0 Å². The molecule has 0 aromatic rings. The van der Waals surface area contributed by atoms with Crippen LogP contribution in [0.4, 0.5) is 13.2 Å². The number of halogens is 3. The van der Waals surface area contributed by atoms with Crippen LogP contribution in [0, 0.1) is 12.0 Å². The summed E-state index contributed by atoms with van der Waals surface area (Å²) in [6.45, 7) is 0. The minimum Gasteiger partial charge on any atom is -0.359 e. The van der Waals surface area contributed by atoms with Crippen molar-refractivity contribution in [3.05, 3.63) is 0 Å². The van der Waals surface area contributed by atoms with Crippen LogP contribution >= 0.6 is 0 Å². The van der Waals surface area contributed by atoms with Crippen LogP contribution in [-0.4, -0.2) is 12.6 Å². The smallest absolute Gasteiger partial charge is 0.270 e. The lowest BCUT2D eigenvalue weighted by Crippen LogP contribution is -2.10. The van der Waals surface area contributed by atoms with E-state index in [1.807, 2.05) is 12.0 Å². The van der Waals surface area contributed by atoms with E-state index in [0.717, 1.165) is 0 Å². The fraction of sp³-hybridized carbons (Fsp3) is 0.600. The summed E-state index contributed by atoms with van der Waals surface area (Å²) in [5.74, 6) is 2.00. The summed E-state index contributed by atoms with van der Waals surface area (Å²) in [6, 6.07) is 1.83. The minimum absolute atomic E-state index is 0.492. The number of nitrogens with two attached hydrogens (primary N) is 1. The molecule has 0 aliphatic carbocycles. The third kappa shape index (κ3) is 3.71. The highest BCUT2D eigenvalue weighted by Gasteiger charge is 2.16. The highest BCUT2D eigenvalue weighted by atomic mass is 19.3. The molecule has 0 aliphatic heterocycles. The largest absolute Gasteiger partial charge is 0.359 e. The first-order valence-corrected chi connectivity index (χ1v) is 2.29. The normalized spacial score (nSPS) is 12.4. The van der Waals surface area contributed by atoms with E-state index < -0.39 is 19.0 Å². The van der Waals surface area contributed by atoms with Gasteiger partial charge in [-0.15, -0.1) is 0 Å². The van der Waals surface area contributed by atoms with E-state index in [4.69, 9.17) is 0 Å². The Morgan fingerprint density at radius 3 is 2.22 bits per heavy atom. The number of hydrogen-bond donors (Lipinski definition) is 1. The van der Waals surface area contributed by atoms with E-state index in [1.165, 1.54) is 0 Å². The predicted octanol–water partition coefficient (Wildman–Crippen LogP) is 0.899. The molecular weight excluding hydrogens is 131 g/mol. The third-order valence-corrected chi connectivity index (χ3v) is 0.673. The van der Waals surface area contributed by atoms with Crippen LogP contribution in [0.5, 0.6) is 0 Å². The van der Waals surface area contributed by atoms with Crippen molar-refractivity contribution in [2.45, 2.75) is 19.0 Å². The Balaban J connectivity index is 3.46. The Morgan fingerprint density at radius 2 is 1.89 bits per heavy atom. The average Bonchev–Trinajstić information content (AvgIpc) is 1.82. The average molecular weight is 137 g/mol. The molecule has 1 atom stereocenters. The summed E-state index contributed by atoms with van der Waals surface area (Å²) in [6.07, 6.45) is -5.61. The molecule has 1 unspecified atom stereocenters. The summed E-state index contributed by atoms with van der Waals surface area (Å²) in [4.78, 5) is 0. The molecule has 0 aliphatic rings. The van der Waals surface area contributed by atoms with Gasteiger partial charge in [-0.1, -0.05) is 5.92 Å². The maximum atomic E-state index is 11.8. The van der Waals surface area contributed by atoms with E-state index in [2.05, 4.69) is 5.73 Å². The zero-order valence-corrected chi connectivity index (χ0v) is 4.57. The van der Waals surface area contributed by atoms with Crippen molar-refractivity contribution in [1.82, 2.24) is 0 Å². The Hall–Kier alpha value is -0.850. The number of hydrogen-bond acceptors (Lipinski definition) is 1. The second kappa shape index (κ2) is 4.07. The number of rotatable bonds is 2. The lowest BCUT2D eigenvalue weighted by atomic mass is 10.3. The molecular formula is C5H6F3N. The molecule has 0 radical (unpaired) electrons. The van der Waals surface area contributed by atoms with Crippen LogP contribution < -0.4 is 5.73 Å². The van der Waals surface area contributed by atoms with E-state index >= 15 is 0 Å². The highest BCUT2D eigenvalue weighted by Crippen LogP contribution is 2.07. The summed E-state index contributed by atoms with van der Waals surface area (Å²) in [5.41, 5.74) is 4.60. The fourth-order valence-corrected chi connectivity index (χ4v) is 0.246. The van der Waals surface area contributed by atoms with Gasteiger partial charge in [0.1, 0.15) is 0 Å². The molecule has 0 saturated heterocycles. The zero-order chi connectivity index (χ0) is 7.28. The molecule has 0 spiro atoms. The van der Waals surface area contributed by atoms with Crippen molar-refractivity contribution >= 4 is 0 Å². The summed E-state index contributed by atoms with van der Waals surface area (Å²) in [5, 5.41) is 0. The molecule has 9 heavy (non-hydrogen) atoms. The fourth-order valence-electron chi connectivity index (χ4n) is 0.246. The molecule has 52 valence electrons. The van der Waals surface area contributed by atoms with Crippen molar-refractivity contribution in [2.24, 2.45) is 5.73 Å². The van der Waals surface area contributed by atoms with Crippen molar-refractivity contribution in [3.8, 4) is 12.0 Å². The zero-order valence-electron chi connectivity index (χ0n) is 4.57. The molecule has 0 saturated carbocycles. The molecule has 0 fully saturated rings. The van der Waals surface area contributed by atoms with Gasteiger partial charge in [-0.2, -0.15) is 0 Å². The number of alkyl halides is 3. The molecule has 0 bridgehead atoms. The van der Waals surface area contributed by atoms with Crippen LogP contribution in [-0.2, 0) is 0 Å². The summed E-state index contributed by atoms with van der Waals surface area (Å²) >= 11 is 0. The van der Waals surface area contributed by atoms with E-state index in [1.54, 1.807) is 0 Å². The molecule has 0 aromatic heterocycles. The Bertz CT molecular complexity index is 124. The van der Waals surface area contributed by atoms with Gasteiger partial charge in [-0.05, 0) is 0 Å².